The Kier molecular flexibility index (Phi) is 4.05. The van der Waals surface area contributed by atoms with E-state index in [1.165, 1.54) is 6.39 Å². The monoisotopic (exact) mass is 241 g/mol. The summed E-state index contributed by atoms with van der Waals surface area (Å²) in [7, 11) is 0. The van der Waals surface area contributed by atoms with E-state index < -0.39 is 12.1 Å². The van der Waals surface area contributed by atoms with E-state index in [1.54, 1.807) is 0 Å². The average Bonchev–Trinajstić information content (AvgIpc) is 2.96. The van der Waals surface area contributed by atoms with Crippen LogP contribution in [0.4, 0.5) is 0 Å². The van der Waals surface area contributed by atoms with Gasteiger partial charge in [0.15, 0.2) is 11.9 Å². The maximum Gasteiger partial charge on any atom is 0.332 e. The van der Waals surface area contributed by atoms with Crippen LogP contribution in [-0.4, -0.2) is 46.5 Å². The summed E-state index contributed by atoms with van der Waals surface area (Å²) >= 11 is 0. The van der Waals surface area contributed by atoms with Crippen molar-refractivity contribution in [2.45, 2.75) is 31.5 Å². The van der Waals surface area contributed by atoms with Gasteiger partial charge in [-0.3, -0.25) is 0 Å². The lowest BCUT2D eigenvalue weighted by Crippen LogP contribution is -2.30. The molecule has 7 heteroatoms. The first-order valence-corrected chi connectivity index (χ1v) is 5.60. The Morgan fingerprint density at radius 1 is 1.59 bits per heavy atom. The molecule has 2 rings (SSSR count). The van der Waals surface area contributed by atoms with Crippen molar-refractivity contribution < 1.29 is 19.2 Å². The standard InChI is InChI=1S/C10H15N3O4/c14-10(15)8-2-1-7(17-8)5-11-4-3-9-12-6-16-13-9/h6-8,11H,1-5H2,(H,14,15). The Morgan fingerprint density at radius 3 is 3.12 bits per heavy atom. The van der Waals surface area contributed by atoms with Gasteiger partial charge in [-0.15, -0.1) is 0 Å². The van der Waals surface area contributed by atoms with Crippen molar-refractivity contribution in [2.24, 2.45) is 0 Å². The molecule has 0 radical (unpaired) electrons. The van der Waals surface area contributed by atoms with Gasteiger partial charge in [0.1, 0.15) is 0 Å². The van der Waals surface area contributed by atoms with Crippen molar-refractivity contribution in [1.29, 1.82) is 0 Å². The lowest BCUT2D eigenvalue weighted by molar-refractivity contribution is -0.149. The molecule has 1 aliphatic rings. The Hall–Kier alpha value is -1.47. The predicted molar refractivity (Wildman–Crippen MR) is 56.4 cm³/mol. The quantitative estimate of drug-likeness (QED) is 0.667. The molecule has 0 aromatic carbocycles. The molecule has 0 amide bonds. The van der Waals surface area contributed by atoms with Crippen molar-refractivity contribution in [3.63, 3.8) is 0 Å². The zero-order valence-corrected chi connectivity index (χ0v) is 9.33. The Labute approximate surface area is 98.1 Å². The number of aliphatic carboxylic acids is 1. The second-order valence-electron chi connectivity index (χ2n) is 3.96. The smallest absolute Gasteiger partial charge is 0.332 e. The number of aromatic nitrogens is 2. The van der Waals surface area contributed by atoms with Crippen LogP contribution < -0.4 is 5.32 Å². The van der Waals surface area contributed by atoms with Crippen LogP contribution in [-0.2, 0) is 16.0 Å². The largest absolute Gasteiger partial charge is 0.479 e. The molecule has 1 saturated heterocycles. The average molecular weight is 241 g/mol. The fourth-order valence-electron chi connectivity index (χ4n) is 1.80. The molecule has 2 N–H and O–H groups in total. The Balaban J connectivity index is 1.59. The van der Waals surface area contributed by atoms with E-state index in [0.717, 1.165) is 13.0 Å². The predicted octanol–water partition coefficient (Wildman–Crippen LogP) is -0.166. The zero-order valence-electron chi connectivity index (χ0n) is 9.33. The fourth-order valence-corrected chi connectivity index (χ4v) is 1.80. The molecule has 2 heterocycles. The van der Waals surface area contributed by atoms with Crippen LogP contribution in [0.25, 0.3) is 0 Å². The van der Waals surface area contributed by atoms with Crippen molar-refractivity contribution in [1.82, 2.24) is 15.5 Å². The third-order valence-electron chi connectivity index (χ3n) is 2.69. The van der Waals surface area contributed by atoms with Crippen molar-refractivity contribution in [3.8, 4) is 0 Å². The number of nitrogens with zero attached hydrogens (tertiary/aromatic N) is 2. The molecule has 0 spiro atoms. The second kappa shape index (κ2) is 5.74. The minimum absolute atomic E-state index is 0.0126. The molecular formula is C10H15N3O4. The van der Waals surface area contributed by atoms with E-state index in [2.05, 4.69) is 20.0 Å². The van der Waals surface area contributed by atoms with Gasteiger partial charge < -0.3 is 19.7 Å². The summed E-state index contributed by atoms with van der Waals surface area (Å²) in [6.45, 7) is 1.37. The normalized spacial score (nSPS) is 24.0. The highest BCUT2D eigenvalue weighted by molar-refractivity contribution is 5.72. The third-order valence-corrected chi connectivity index (χ3v) is 2.69. The Bertz CT molecular complexity index is 354. The SMILES string of the molecule is O=C(O)C1CCC(CNCCc2ncon2)O1. The van der Waals surface area contributed by atoms with E-state index in [9.17, 15) is 4.79 Å². The van der Waals surface area contributed by atoms with Gasteiger partial charge in [-0.1, -0.05) is 5.16 Å². The van der Waals surface area contributed by atoms with Gasteiger partial charge in [0.05, 0.1) is 6.10 Å². The summed E-state index contributed by atoms with van der Waals surface area (Å²) in [6.07, 6.45) is 2.71. The van der Waals surface area contributed by atoms with Gasteiger partial charge >= 0.3 is 5.97 Å². The van der Waals surface area contributed by atoms with Crippen molar-refractivity contribution in [2.75, 3.05) is 13.1 Å². The van der Waals surface area contributed by atoms with Crippen LogP contribution in [0.1, 0.15) is 18.7 Å². The topological polar surface area (TPSA) is 97.5 Å². The molecule has 94 valence electrons. The maximum atomic E-state index is 10.7. The molecule has 2 unspecified atom stereocenters. The van der Waals surface area contributed by atoms with Gasteiger partial charge in [0.2, 0.25) is 6.39 Å². The first-order valence-electron chi connectivity index (χ1n) is 5.60. The Morgan fingerprint density at radius 2 is 2.47 bits per heavy atom. The lowest BCUT2D eigenvalue weighted by atomic mass is 10.2. The van der Waals surface area contributed by atoms with Crippen LogP contribution >= 0.6 is 0 Å². The van der Waals surface area contributed by atoms with E-state index in [1.807, 2.05) is 0 Å². The molecule has 2 atom stereocenters. The van der Waals surface area contributed by atoms with Crippen LogP contribution in [0, 0.1) is 0 Å². The summed E-state index contributed by atoms with van der Waals surface area (Å²) in [6, 6.07) is 0. The second-order valence-corrected chi connectivity index (χ2v) is 3.96. The van der Waals surface area contributed by atoms with E-state index in [4.69, 9.17) is 9.84 Å². The van der Waals surface area contributed by atoms with Crippen molar-refractivity contribution in [3.05, 3.63) is 12.2 Å². The van der Waals surface area contributed by atoms with Gasteiger partial charge in [-0.25, -0.2) is 4.79 Å². The number of rotatable bonds is 6. The molecular weight excluding hydrogens is 226 g/mol. The van der Waals surface area contributed by atoms with Crippen LogP contribution in [0.5, 0.6) is 0 Å². The summed E-state index contributed by atoms with van der Waals surface area (Å²) in [4.78, 5) is 14.6. The first-order chi connectivity index (χ1) is 8.25. The van der Waals surface area contributed by atoms with Crippen molar-refractivity contribution >= 4 is 5.97 Å². The molecule has 0 saturated carbocycles. The minimum Gasteiger partial charge on any atom is -0.479 e. The summed E-state index contributed by atoms with van der Waals surface area (Å²) in [5, 5.41) is 15.6. The molecule has 1 aromatic rings. The molecule has 7 nitrogen and oxygen atoms in total. The van der Waals surface area contributed by atoms with Gasteiger partial charge in [-0.05, 0) is 12.8 Å². The molecule has 1 fully saturated rings. The molecule has 17 heavy (non-hydrogen) atoms. The highest BCUT2D eigenvalue weighted by Crippen LogP contribution is 2.18. The van der Waals surface area contributed by atoms with Gasteiger partial charge in [-0.2, -0.15) is 4.98 Å². The van der Waals surface area contributed by atoms with Crippen LogP contribution in [0.2, 0.25) is 0 Å². The maximum absolute atomic E-state index is 10.7. The van der Waals surface area contributed by atoms with E-state index in [0.29, 0.717) is 25.2 Å². The van der Waals surface area contributed by atoms with Crippen LogP contribution in [0.15, 0.2) is 10.9 Å². The molecule has 1 aliphatic heterocycles. The number of hydrogen-bond acceptors (Lipinski definition) is 6. The molecule has 0 aliphatic carbocycles. The molecule has 0 bridgehead atoms. The van der Waals surface area contributed by atoms with Gasteiger partial charge in [0.25, 0.3) is 0 Å². The number of ether oxygens (including phenoxy) is 1. The van der Waals surface area contributed by atoms with Gasteiger partial charge in [0, 0.05) is 19.5 Å². The molecule has 1 aromatic heterocycles. The minimum atomic E-state index is -0.876. The first kappa shape index (κ1) is 12.0. The summed E-state index contributed by atoms with van der Waals surface area (Å²) in [5.74, 6) is -0.215. The number of carboxylic acid groups (broad SMARTS) is 1. The van der Waals surface area contributed by atoms with E-state index >= 15 is 0 Å². The van der Waals surface area contributed by atoms with Crippen LogP contribution in [0.3, 0.4) is 0 Å². The highest BCUT2D eigenvalue weighted by atomic mass is 16.5. The summed E-state index contributed by atoms with van der Waals surface area (Å²) < 4.78 is 9.95. The number of carboxylic acids is 1. The highest BCUT2D eigenvalue weighted by Gasteiger charge is 2.29. The zero-order chi connectivity index (χ0) is 12.1. The fraction of sp³-hybridized carbons (Fsp3) is 0.700. The number of hydrogen-bond donors (Lipinski definition) is 2. The van der Waals surface area contributed by atoms with E-state index in [-0.39, 0.29) is 6.10 Å². The lowest BCUT2D eigenvalue weighted by Gasteiger charge is -2.11. The summed E-state index contributed by atoms with van der Waals surface area (Å²) in [5.41, 5.74) is 0. The third kappa shape index (κ3) is 3.50. The number of nitrogens with one attached hydrogen (secondary N) is 1. The number of carbonyl (C=O) groups is 1.